The first-order chi connectivity index (χ1) is 17.3. The van der Waals surface area contributed by atoms with Gasteiger partial charge in [0.15, 0.2) is 23.2 Å². The molecule has 0 radical (unpaired) electrons. The Hall–Kier alpha value is -3.19. The Labute approximate surface area is 207 Å². The van der Waals surface area contributed by atoms with Gasteiger partial charge in [-0.2, -0.15) is 4.39 Å². The van der Waals surface area contributed by atoms with Crippen LogP contribution in [0.2, 0.25) is 0 Å². The summed E-state index contributed by atoms with van der Waals surface area (Å²) in [4.78, 5) is 0. The molecule has 4 rings (SSSR count). The molecular weight excluding hydrogens is 475 g/mol. The fourth-order valence-corrected chi connectivity index (χ4v) is 4.50. The van der Waals surface area contributed by atoms with Crippen LogP contribution in [0.4, 0.5) is 22.0 Å². The van der Waals surface area contributed by atoms with Gasteiger partial charge in [0, 0.05) is 16.7 Å². The van der Waals surface area contributed by atoms with Crippen molar-refractivity contribution in [2.75, 3.05) is 13.2 Å². The van der Waals surface area contributed by atoms with Crippen molar-refractivity contribution in [2.24, 2.45) is 5.92 Å². The van der Waals surface area contributed by atoms with E-state index >= 15 is 0 Å². The van der Waals surface area contributed by atoms with Crippen LogP contribution in [0.15, 0.2) is 55.1 Å². The summed E-state index contributed by atoms with van der Waals surface area (Å²) < 4.78 is 84.2. The minimum atomic E-state index is -1.35. The molecule has 0 spiro atoms. The number of aryl methyl sites for hydroxylation is 1. The Morgan fingerprint density at radius 3 is 2.19 bits per heavy atom. The average Bonchev–Trinajstić information content (AvgIpc) is 2.88. The molecule has 1 aliphatic heterocycles. The van der Waals surface area contributed by atoms with Crippen LogP contribution < -0.4 is 4.74 Å². The Morgan fingerprint density at radius 2 is 1.56 bits per heavy atom. The molecule has 0 saturated carbocycles. The highest BCUT2D eigenvalue weighted by atomic mass is 19.2. The van der Waals surface area contributed by atoms with Gasteiger partial charge in [0.2, 0.25) is 5.82 Å². The van der Waals surface area contributed by atoms with E-state index in [9.17, 15) is 22.0 Å². The van der Waals surface area contributed by atoms with E-state index in [2.05, 4.69) is 6.58 Å². The summed E-state index contributed by atoms with van der Waals surface area (Å²) in [5, 5.41) is 0. The molecule has 0 bridgehead atoms. The first-order valence-corrected chi connectivity index (χ1v) is 12.0. The first kappa shape index (κ1) is 25.9. The molecule has 0 amide bonds. The van der Waals surface area contributed by atoms with E-state index in [1.54, 1.807) is 19.1 Å². The van der Waals surface area contributed by atoms with Gasteiger partial charge in [-0.15, -0.1) is 6.58 Å². The molecule has 1 aliphatic rings. The van der Waals surface area contributed by atoms with Crippen molar-refractivity contribution >= 4 is 0 Å². The van der Waals surface area contributed by atoms with Crippen LogP contribution in [-0.2, 0) is 11.2 Å². The summed E-state index contributed by atoms with van der Waals surface area (Å²) in [5.41, 5.74) is -0.432. The van der Waals surface area contributed by atoms with Crippen LogP contribution in [0.3, 0.4) is 0 Å². The van der Waals surface area contributed by atoms with E-state index in [0.29, 0.717) is 24.5 Å². The van der Waals surface area contributed by atoms with E-state index in [-0.39, 0.29) is 29.6 Å². The van der Waals surface area contributed by atoms with Crippen molar-refractivity contribution in [1.82, 2.24) is 0 Å². The van der Waals surface area contributed by atoms with Crippen molar-refractivity contribution in [1.29, 1.82) is 0 Å². The minimum absolute atomic E-state index is 0.0731. The summed E-state index contributed by atoms with van der Waals surface area (Å²) in [5.74, 6) is -5.76. The van der Waals surface area contributed by atoms with E-state index in [0.717, 1.165) is 43.5 Å². The SMILES string of the molecule is C=CC1CCC(CCc2ccc(-c3ccc(-c4ccc(OCC)c(F)c4F)c(F)c3F)cc2F)CO1. The third kappa shape index (κ3) is 5.31. The molecule has 7 heteroatoms. The summed E-state index contributed by atoms with van der Waals surface area (Å²) in [7, 11) is 0. The highest BCUT2D eigenvalue weighted by Crippen LogP contribution is 2.36. The summed E-state index contributed by atoms with van der Waals surface area (Å²) >= 11 is 0. The van der Waals surface area contributed by atoms with Crippen molar-refractivity contribution in [3.05, 3.63) is 89.8 Å². The predicted octanol–water partition coefficient (Wildman–Crippen LogP) is 8.03. The van der Waals surface area contributed by atoms with Crippen molar-refractivity contribution in [3.63, 3.8) is 0 Å². The minimum Gasteiger partial charge on any atom is -0.491 e. The van der Waals surface area contributed by atoms with Crippen LogP contribution in [0.25, 0.3) is 22.3 Å². The molecule has 1 saturated heterocycles. The van der Waals surface area contributed by atoms with Crippen LogP contribution in [0, 0.1) is 35.0 Å². The maximum atomic E-state index is 15.0. The molecule has 0 aliphatic carbocycles. The number of halogens is 5. The van der Waals surface area contributed by atoms with E-state index in [4.69, 9.17) is 9.47 Å². The lowest BCUT2D eigenvalue weighted by molar-refractivity contribution is 0.00881. The van der Waals surface area contributed by atoms with E-state index in [1.807, 2.05) is 0 Å². The molecule has 3 aromatic rings. The highest BCUT2D eigenvalue weighted by Gasteiger charge is 2.23. The predicted molar refractivity (Wildman–Crippen MR) is 129 cm³/mol. The van der Waals surface area contributed by atoms with Crippen molar-refractivity contribution in [2.45, 2.75) is 38.7 Å². The lowest BCUT2D eigenvalue weighted by Gasteiger charge is -2.27. The van der Waals surface area contributed by atoms with Gasteiger partial charge >= 0.3 is 0 Å². The number of ether oxygens (including phenoxy) is 2. The summed E-state index contributed by atoms with van der Waals surface area (Å²) in [6.07, 6.45) is 4.98. The monoisotopic (exact) mass is 502 g/mol. The van der Waals surface area contributed by atoms with Gasteiger partial charge in [0.05, 0.1) is 19.3 Å². The average molecular weight is 503 g/mol. The third-order valence-electron chi connectivity index (χ3n) is 6.57. The zero-order valence-corrected chi connectivity index (χ0v) is 19.9. The van der Waals surface area contributed by atoms with Gasteiger partial charge in [-0.3, -0.25) is 0 Å². The first-order valence-electron chi connectivity index (χ1n) is 12.0. The maximum Gasteiger partial charge on any atom is 0.201 e. The van der Waals surface area contributed by atoms with E-state index in [1.165, 1.54) is 12.1 Å². The van der Waals surface area contributed by atoms with Crippen LogP contribution in [-0.4, -0.2) is 19.3 Å². The smallest absolute Gasteiger partial charge is 0.201 e. The Balaban J connectivity index is 1.53. The Kier molecular flexibility index (Phi) is 8.09. The number of hydrogen-bond acceptors (Lipinski definition) is 2. The summed E-state index contributed by atoms with van der Waals surface area (Å²) in [6.45, 7) is 6.07. The van der Waals surface area contributed by atoms with Gasteiger partial charge in [0.1, 0.15) is 5.82 Å². The number of hydrogen-bond donors (Lipinski definition) is 0. The molecule has 36 heavy (non-hydrogen) atoms. The Bertz CT molecular complexity index is 1250. The Morgan fingerprint density at radius 1 is 0.889 bits per heavy atom. The molecule has 190 valence electrons. The fourth-order valence-electron chi connectivity index (χ4n) is 4.50. The van der Waals surface area contributed by atoms with Gasteiger partial charge in [-0.1, -0.05) is 30.3 Å². The topological polar surface area (TPSA) is 18.5 Å². The molecular formula is C29H27F5O2. The number of benzene rings is 3. The van der Waals surface area contributed by atoms with Crippen LogP contribution in [0.1, 0.15) is 31.7 Å². The largest absolute Gasteiger partial charge is 0.491 e. The second kappa shape index (κ2) is 11.2. The second-order valence-electron chi connectivity index (χ2n) is 8.86. The molecule has 0 N–H and O–H groups in total. The van der Waals surface area contributed by atoms with Gasteiger partial charge in [-0.05, 0) is 67.9 Å². The molecule has 2 nitrogen and oxygen atoms in total. The lowest BCUT2D eigenvalue weighted by atomic mass is 9.91. The van der Waals surface area contributed by atoms with Gasteiger partial charge in [-0.25, -0.2) is 17.6 Å². The normalized spacial score (nSPS) is 17.7. The lowest BCUT2D eigenvalue weighted by Crippen LogP contribution is -2.24. The van der Waals surface area contributed by atoms with Crippen LogP contribution >= 0.6 is 0 Å². The quantitative estimate of drug-likeness (QED) is 0.229. The maximum absolute atomic E-state index is 15.0. The zero-order chi connectivity index (χ0) is 25.8. The van der Waals surface area contributed by atoms with Gasteiger partial charge in [0.25, 0.3) is 0 Å². The molecule has 2 atom stereocenters. The molecule has 1 heterocycles. The fraction of sp³-hybridized carbons (Fsp3) is 0.310. The molecule has 0 aromatic heterocycles. The highest BCUT2D eigenvalue weighted by molar-refractivity contribution is 5.72. The van der Waals surface area contributed by atoms with E-state index < -0.39 is 40.2 Å². The molecule has 3 aromatic carbocycles. The second-order valence-corrected chi connectivity index (χ2v) is 8.86. The van der Waals surface area contributed by atoms with Crippen molar-refractivity contribution in [3.8, 4) is 28.0 Å². The third-order valence-corrected chi connectivity index (χ3v) is 6.57. The van der Waals surface area contributed by atoms with Crippen molar-refractivity contribution < 1.29 is 31.4 Å². The zero-order valence-electron chi connectivity index (χ0n) is 19.9. The summed E-state index contributed by atoms with van der Waals surface area (Å²) in [6, 6.07) is 8.92. The number of rotatable bonds is 8. The standard InChI is InChI=1S/C29H27F5O2/c1-3-20-10-6-17(16-36-20)5-7-18-8-9-19(15-24(18)30)21-11-12-22(27(32)26(21)31)23-13-14-25(35-4-2)29(34)28(23)33/h3,8-9,11-15,17,20H,1,4-7,10,16H2,2H3. The molecule has 1 fully saturated rings. The van der Waals surface area contributed by atoms with Gasteiger partial charge < -0.3 is 9.47 Å². The van der Waals surface area contributed by atoms with Crippen LogP contribution in [0.5, 0.6) is 5.75 Å². The molecule has 2 unspecified atom stereocenters.